The number of halogens is 1. The first-order valence-electron chi connectivity index (χ1n) is 8.95. The Kier molecular flexibility index (Phi) is 7.96. The van der Waals surface area contributed by atoms with E-state index in [0.29, 0.717) is 34.5 Å². The maximum atomic E-state index is 12.6. The van der Waals surface area contributed by atoms with Crippen molar-refractivity contribution in [3.8, 4) is 17.2 Å². The predicted molar refractivity (Wildman–Crippen MR) is 112 cm³/mol. The van der Waals surface area contributed by atoms with Crippen LogP contribution in [-0.4, -0.2) is 51.8 Å². The SMILES string of the molecule is COc1ccc(NC(=O)[C@H](C)N(C)CCc2ccc(OC)c(OC)c2)cc1Cl. The molecule has 2 aromatic rings. The highest BCUT2D eigenvalue weighted by Gasteiger charge is 2.18. The number of nitrogens with zero attached hydrogens (tertiary/aromatic N) is 1. The van der Waals surface area contributed by atoms with Gasteiger partial charge in [0, 0.05) is 12.2 Å². The molecular weight excluding hydrogens is 380 g/mol. The summed E-state index contributed by atoms with van der Waals surface area (Å²) in [7, 11) is 6.70. The molecule has 0 spiro atoms. The van der Waals surface area contributed by atoms with Crippen molar-refractivity contribution in [3.05, 3.63) is 47.0 Å². The molecule has 0 radical (unpaired) electrons. The minimum absolute atomic E-state index is 0.101. The molecule has 0 aliphatic carbocycles. The summed E-state index contributed by atoms with van der Waals surface area (Å²) in [6, 6.07) is 10.7. The topological polar surface area (TPSA) is 60.0 Å². The largest absolute Gasteiger partial charge is 0.495 e. The lowest BCUT2D eigenvalue weighted by atomic mass is 10.1. The van der Waals surface area contributed by atoms with E-state index in [0.717, 1.165) is 12.0 Å². The number of benzene rings is 2. The molecule has 1 N–H and O–H groups in total. The minimum Gasteiger partial charge on any atom is -0.495 e. The zero-order valence-electron chi connectivity index (χ0n) is 16.9. The Balaban J connectivity index is 1.93. The van der Waals surface area contributed by atoms with Crippen LogP contribution in [0.15, 0.2) is 36.4 Å². The van der Waals surface area contributed by atoms with E-state index >= 15 is 0 Å². The molecule has 7 heteroatoms. The second-order valence-electron chi connectivity index (χ2n) is 6.43. The van der Waals surface area contributed by atoms with Gasteiger partial charge in [-0.15, -0.1) is 0 Å². The number of likely N-dealkylation sites (N-methyl/N-ethyl adjacent to an activating group) is 1. The van der Waals surface area contributed by atoms with Crippen LogP contribution in [0.1, 0.15) is 12.5 Å². The first-order valence-corrected chi connectivity index (χ1v) is 9.33. The van der Waals surface area contributed by atoms with Gasteiger partial charge >= 0.3 is 0 Å². The Bertz CT molecular complexity index is 813. The normalized spacial score (nSPS) is 11.8. The van der Waals surface area contributed by atoms with E-state index < -0.39 is 0 Å². The number of anilines is 1. The van der Waals surface area contributed by atoms with Gasteiger partial charge in [-0.05, 0) is 56.3 Å². The molecule has 1 atom stereocenters. The van der Waals surface area contributed by atoms with Crippen molar-refractivity contribution in [3.63, 3.8) is 0 Å². The lowest BCUT2D eigenvalue weighted by molar-refractivity contribution is -0.120. The van der Waals surface area contributed by atoms with Crippen molar-refractivity contribution >= 4 is 23.2 Å². The highest BCUT2D eigenvalue weighted by Crippen LogP contribution is 2.28. The summed E-state index contributed by atoms with van der Waals surface area (Å²) < 4.78 is 15.7. The van der Waals surface area contributed by atoms with Gasteiger partial charge in [-0.25, -0.2) is 0 Å². The number of hydrogen-bond acceptors (Lipinski definition) is 5. The highest BCUT2D eigenvalue weighted by atomic mass is 35.5. The van der Waals surface area contributed by atoms with Gasteiger partial charge in [0.1, 0.15) is 5.75 Å². The summed E-state index contributed by atoms with van der Waals surface area (Å²) in [5, 5.41) is 3.34. The molecule has 0 bridgehead atoms. The minimum atomic E-state index is -0.305. The molecule has 0 aliphatic rings. The molecule has 0 aromatic heterocycles. The van der Waals surface area contributed by atoms with Crippen LogP contribution in [0.5, 0.6) is 17.2 Å². The average molecular weight is 407 g/mol. The molecule has 28 heavy (non-hydrogen) atoms. The molecule has 2 aromatic carbocycles. The number of carbonyl (C=O) groups is 1. The molecule has 2 rings (SSSR count). The van der Waals surface area contributed by atoms with Gasteiger partial charge < -0.3 is 19.5 Å². The van der Waals surface area contributed by atoms with Gasteiger partial charge in [-0.3, -0.25) is 9.69 Å². The Morgan fingerprint density at radius 2 is 1.68 bits per heavy atom. The van der Waals surface area contributed by atoms with Crippen molar-refractivity contribution in [2.24, 2.45) is 0 Å². The predicted octanol–water partition coefficient (Wildman–Crippen LogP) is 3.87. The zero-order chi connectivity index (χ0) is 20.7. The maximum Gasteiger partial charge on any atom is 0.241 e. The van der Waals surface area contributed by atoms with Gasteiger partial charge in [0.05, 0.1) is 32.4 Å². The van der Waals surface area contributed by atoms with Gasteiger partial charge in [0.15, 0.2) is 11.5 Å². The van der Waals surface area contributed by atoms with Crippen molar-refractivity contribution in [2.75, 3.05) is 40.2 Å². The highest BCUT2D eigenvalue weighted by molar-refractivity contribution is 6.32. The molecule has 0 heterocycles. The lowest BCUT2D eigenvalue weighted by Crippen LogP contribution is -2.40. The molecule has 0 unspecified atom stereocenters. The van der Waals surface area contributed by atoms with Gasteiger partial charge in [0.2, 0.25) is 5.91 Å². The maximum absolute atomic E-state index is 12.6. The third kappa shape index (κ3) is 5.53. The first-order chi connectivity index (χ1) is 13.4. The number of amides is 1. The molecule has 0 aliphatic heterocycles. The van der Waals surface area contributed by atoms with Crippen molar-refractivity contribution < 1.29 is 19.0 Å². The van der Waals surface area contributed by atoms with E-state index in [2.05, 4.69) is 5.32 Å². The second-order valence-corrected chi connectivity index (χ2v) is 6.84. The van der Waals surface area contributed by atoms with E-state index in [-0.39, 0.29) is 11.9 Å². The van der Waals surface area contributed by atoms with Gasteiger partial charge in [-0.2, -0.15) is 0 Å². The smallest absolute Gasteiger partial charge is 0.241 e. The van der Waals surface area contributed by atoms with Crippen molar-refractivity contribution in [1.29, 1.82) is 0 Å². The average Bonchev–Trinajstić information content (AvgIpc) is 2.71. The standard InChI is InChI=1S/C21H27ClN2O4/c1-14(21(25)23-16-7-9-18(26-3)17(22)13-16)24(2)11-10-15-6-8-19(27-4)20(12-15)28-5/h6-9,12-14H,10-11H2,1-5H3,(H,23,25)/t14-/m0/s1. The second kappa shape index (κ2) is 10.2. The summed E-state index contributed by atoms with van der Waals surface area (Å²) in [5.41, 5.74) is 1.75. The number of rotatable bonds is 9. The lowest BCUT2D eigenvalue weighted by Gasteiger charge is -2.24. The fourth-order valence-electron chi connectivity index (χ4n) is 2.73. The van der Waals surface area contributed by atoms with Crippen LogP contribution in [0.3, 0.4) is 0 Å². The van der Waals surface area contributed by atoms with Crippen LogP contribution >= 0.6 is 11.6 Å². The van der Waals surface area contributed by atoms with Crippen molar-refractivity contribution in [1.82, 2.24) is 4.90 Å². The number of nitrogens with one attached hydrogen (secondary N) is 1. The number of carbonyl (C=O) groups excluding carboxylic acids is 1. The Morgan fingerprint density at radius 3 is 2.29 bits per heavy atom. The third-order valence-corrected chi connectivity index (χ3v) is 4.96. The van der Waals surface area contributed by atoms with E-state index in [4.69, 9.17) is 25.8 Å². The first kappa shape index (κ1) is 21.9. The number of ether oxygens (including phenoxy) is 3. The summed E-state index contributed by atoms with van der Waals surface area (Å²) in [6.07, 6.45) is 0.781. The molecule has 0 saturated heterocycles. The quantitative estimate of drug-likeness (QED) is 0.685. The summed E-state index contributed by atoms with van der Waals surface area (Å²) >= 11 is 6.11. The Morgan fingerprint density at radius 1 is 1.04 bits per heavy atom. The van der Waals surface area contributed by atoms with Crippen LogP contribution in [0.2, 0.25) is 5.02 Å². The summed E-state index contributed by atoms with van der Waals surface area (Å²) in [5.74, 6) is 1.87. The third-order valence-electron chi connectivity index (χ3n) is 4.66. The number of methoxy groups -OCH3 is 3. The van der Waals surface area contributed by atoms with Crippen LogP contribution in [0.4, 0.5) is 5.69 Å². The van der Waals surface area contributed by atoms with E-state index in [1.165, 1.54) is 0 Å². The Hall–Kier alpha value is -2.44. The fourth-order valence-corrected chi connectivity index (χ4v) is 2.98. The summed E-state index contributed by atoms with van der Waals surface area (Å²) in [4.78, 5) is 14.5. The van der Waals surface area contributed by atoms with Crippen molar-refractivity contribution in [2.45, 2.75) is 19.4 Å². The van der Waals surface area contributed by atoms with Crippen LogP contribution < -0.4 is 19.5 Å². The van der Waals surface area contributed by atoms with Gasteiger partial charge in [0.25, 0.3) is 0 Å². The van der Waals surface area contributed by atoms with Gasteiger partial charge in [-0.1, -0.05) is 17.7 Å². The van der Waals surface area contributed by atoms with E-state index in [1.54, 1.807) is 39.5 Å². The number of hydrogen-bond donors (Lipinski definition) is 1. The molecule has 152 valence electrons. The van der Waals surface area contributed by atoms with Crippen LogP contribution in [-0.2, 0) is 11.2 Å². The Labute approximate surface area is 171 Å². The van der Waals surface area contributed by atoms with Crippen LogP contribution in [0.25, 0.3) is 0 Å². The van der Waals surface area contributed by atoms with Crippen LogP contribution in [0, 0.1) is 0 Å². The molecular formula is C21H27ClN2O4. The monoisotopic (exact) mass is 406 g/mol. The molecule has 0 saturated carbocycles. The molecule has 6 nitrogen and oxygen atoms in total. The van der Waals surface area contributed by atoms with E-state index in [1.807, 2.05) is 37.1 Å². The van der Waals surface area contributed by atoms with E-state index in [9.17, 15) is 4.79 Å². The summed E-state index contributed by atoms with van der Waals surface area (Å²) in [6.45, 7) is 2.59. The zero-order valence-corrected chi connectivity index (χ0v) is 17.7. The molecule has 1 amide bonds. The molecule has 0 fully saturated rings. The fraction of sp³-hybridized carbons (Fsp3) is 0.381.